The molecule has 0 spiro atoms. The standard InChI is InChI=1S/C20H13N3S3/c21-11-15(10-14-6-2-1-3-7-14)19-22-16(12-24-19)13-25-20-23-17-8-4-5-9-18(17)26-20/h1-10,12H,13H2/b15-10-. The van der Waals surface area contributed by atoms with Crippen LogP contribution in [0.1, 0.15) is 16.3 Å². The molecular weight excluding hydrogens is 378 g/mol. The Hall–Kier alpha value is -2.46. The third kappa shape index (κ3) is 3.86. The Labute approximate surface area is 163 Å². The fraction of sp³-hybridized carbons (Fsp3) is 0.0500. The minimum absolute atomic E-state index is 0.595. The smallest absolute Gasteiger partial charge is 0.151 e. The largest absolute Gasteiger partial charge is 0.239 e. The molecule has 0 amide bonds. The van der Waals surface area contributed by atoms with Gasteiger partial charge in [-0.25, -0.2) is 9.97 Å². The van der Waals surface area contributed by atoms with Crippen molar-refractivity contribution < 1.29 is 0 Å². The Morgan fingerprint density at radius 1 is 1.08 bits per heavy atom. The van der Waals surface area contributed by atoms with E-state index in [0.29, 0.717) is 5.57 Å². The Morgan fingerprint density at radius 3 is 2.69 bits per heavy atom. The lowest BCUT2D eigenvalue weighted by molar-refractivity contribution is 1.21. The van der Waals surface area contributed by atoms with Crippen LogP contribution in [0.3, 0.4) is 0 Å². The number of nitriles is 1. The van der Waals surface area contributed by atoms with Gasteiger partial charge in [0.15, 0.2) is 4.34 Å². The Bertz CT molecular complexity index is 1070. The molecule has 2 aromatic heterocycles. The molecule has 0 saturated carbocycles. The van der Waals surface area contributed by atoms with Crippen LogP contribution < -0.4 is 0 Å². The number of para-hydroxylation sites is 1. The van der Waals surface area contributed by atoms with Crippen molar-refractivity contribution in [3.8, 4) is 6.07 Å². The van der Waals surface area contributed by atoms with E-state index in [4.69, 9.17) is 0 Å². The van der Waals surface area contributed by atoms with E-state index < -0.39 is 0 Å². The van der Waals surface area contributed by atoms with Crippen LogP contribution in [-0.2, 0) is 5.75 Å². The van der Waals surface area contributed by atoms with E-state index in [-0.39, 0.29) is 0 Å². The summed E-state index contributed by atoms with van der Waals surface area (Å²) in [7, 11) is 0. The summed E-state index contributed by atoms with van der Waals surface area (Å²) in [6.07, 6.45) is 1.88. The zero-order valence-electron chi connectivity index (χ0n) is 13.6. The summed E-state index contributed by atoms with van der Waals surface area (Å²) in [5.74, 6) is 0.750. The normalized spacial score (nSPS) is 11.6. The SMILES string of the molecule is N#C/C(=C/c1ccccc1)c1nc(CSc2nc3ccccc3s2)cs1. The van der Waals surface area contributed by atoms with Crippen LogP contribution in [0.25, 0.3) is 21.9 Å². The first-order valence-electron chi connectivity index (χ1n) is 7.92. The van der Waals surface area contributed by atoms with E-state index in [9.17, 15) is 5.26 Å². The summed E-state index contributed by atoms with van der Waals surface area (Å²) in [5, 5.41) is 12.3. The van der Waals surface area contributed by atoms with E-state index >= 15 is 0 Å². The monoisotopic (exact) mass is 391 g/mol. The first-order chi connectivity index (χ1) is 12.8. The molecule has 4 aromatic rings. The number of hydrogen-bond donors (Lipinski definition) is 0. The number of thiazole rings is 2. The zero-order valence-corrected chi connectivity index (χ0v) is 16.1. The highest BCUT2D eigenvalue weighted by Gasteiger charge is 2.10. The second-order valence-corrected chi connectivity index (χ2v) is 8.57. The average molecular weight is 392 g/mol. The highest BCUT2D eigenvalue weighted by atomic mass is 32.2. The molecule has 0 fully saturated rings. The van der Waals surface area contributed by atoms with Crippen LogP contribution in [0.2, 0.25) is 0 Å². The van der Waals surface area contributed by atoms with Gasteiger partial charge in [-0.3, -0.25) is 0 Å². The van der Waals surface area contributed by atoms with Gasteiger partial charge < -0.3 is 0 Å². The molecule has 2 aromatic carbocycles. The van der Waals surface area contributed by atoms with Crippen molar-refractivity contribution in [1.82, 2.24) is 9.97 Å². The zero-order chi connectivity index (χ0) is 17.8. The van der Waals surface area contributed by atoms with Crippen LogP contribution in [0.5, 0.6) is 0 Å². The van der Waals surface area contributed by atoms with Gasteiger partial charge >= 0.3 is 0 Å². The van der Waals surface area contributed by atoms with Crippen molar-refractivity contribution in [2.24, 2.45) is 0 Å². The molecule has 0 aliphatic heterocycles. The van der Waals surface area contributed by atoms with Crippen molar-refractivity contribution >= 4 is 56.3 Å². The Morgan fingerprint density at radius 2 is 1.88 bits per heavy atom. The molecule has 3 nitrogen and oxygen atoms in total. The molecule has 126 valence electrons. The van der Waals surface area contributed by atoms with Gasteiger partial charge in [0.2, 0.25) is 0 Å². The molecule has 0 atom stereocenters. The molecular formula is C20H13N3S3. The van der Waals surface area contributed by atoms with Crippen molar-refractivity contribution in [3.63, 3.8) is 0 Å². The lowest BCUT2D eigenvalue weighted by atomic mass is 10.1. The summed E-state index contributed by atoms with van der Waals surface area (Å²) in [6.45, 7) is 0. The van der Waals surface area contributed by atoms with Crippen molar-refractivity contribution in [1.29, 1.82) is 5.26 Å². The number of hydrogen-bond acceptors (Lipinski definition) is 6. The maximum atomic E-state index is 9.47. The summed E-state index contributed by atoms with van der Waals surface area (Å²) in [5.41, 5.74) is 3.61. The summed E-state index contributed by atoms with van der Waals surface area (Å²) in [6, 6.07) is 20.3. The Kier molecular flexibility index (Phi) is 5.12. The maximum absolute atomic E-state index is 9.47. The predicted molar refractivity (Wildman–Crippen MR) is 111 cm³/mol. The second kappa shape index (κ2) is 7.83. The van der Waals surface area contributed by atoms with Crippen LogP contribution in [0.4, 0.5) is 0 Å². The van der Waals surface area contributed by atoms with Gasteiger partial charge in [-0.15, -0.1) is 22.7 Å². The van der Waals surface area contributed by atoms with Crippen molar-refractivity contribution in [2.45, 2.75) is 10.1 Å². The van der Waals surface area contributed by atoms with E-state index in [2.05, 4.69) is 22.1 Å². The van der Waals surface area contributed by atoms with E-state index in [1.807, 2.05) is 60.0 Å². The molecule has 26 heavy (non-hydrogen) atoms. The summed E-state index contributed by atoms with van der Waals surface area (Å²) >= 11 is 4.89. The average Bonchev–Trinajstić information content (AvgIpc) is 3.31. The minimum atomic E-state index is 0.595. The van der Waals surface area contributed by atoms with Gasteiger partial charge in [0.25, 0.3) is 0 Å². The quantitative estimate of drug-likeness (QED) is 0.304. The number of benzene rings is 2. The van der Waals surface area contributed by atoms with Crippen LogP contribution in [-0.4, -0.2) is 9.97 Å². The fourth-order valence-electron chi connectivity index (χ4n) is 2.40. The van der Waals surface area contributed by atoms with E-state index in [0.717, 1.165) is 31.9 Å². The van der Waals surface area contributed by atoms with E-state index in [1.165, 1.54) is 16.0 Å². The summed E-state index contributed by atoms with van der Waals surface area (Å²) < 4.78 is 2.24. The summed E-state index contributed by atoms with van der Waals surface area (Å²) in [4.78, 5) is 9.27. The van der Waals surface area contributed by atoms with Gasteiger partial charge in [-0.2, -0.15) is 5.26 Å². The van der Waals surface area contributed by atoms with Gasteiger partial charge in [0.05, 0.1) is 21.5 Å². The van der Waals surface area contributed by atoms with Crippen molar-refractivity contribution in [2.75, 3.05) is 0 Å². The lowest BCUT2D eigenvalue weighted by Crippen LogP contribution is -1.84. The Balaban J connectivity index is 1.49. The van der Waals surface area contributed by atoms with Crippen LogP contribution in [0, 0.1) is 11.3 Å². The first-order valence-corrected chi connectivity index (χ1v) is 10.6. The van der Waals surface area contributed by atoms with Crippen LogP contribution in [0.15, 0.2) is 64.3 Å². The van der Waals surface area contributed by atoms with Crippen molar-refractivity contribution in [3.05, 3.63) is 76.2 Å². The van der Waals surface area contributed by atoms with Crippen LogP contribution >= 0.6 is 34.4 Å². The molecule has 2 heterocycles. The molecule has 0 bridgehead atoms. The van der Waals surface area contributed by atoms with Gasteiger partial charge in [0.1, 0.15) is 11.1 Å². The lowest BCUT2D eigenvalue weighted by Gasteiger charge is -1.95. The first kappa shape index (κ1) is 17.0. The second-order valence-electron chi connectivity index (χ2n) is 5.46. The number of fused-ring (bicyclic) bond motifs is 1. The predicted octanol–water partition coefficient (Wildman–Crippen LogP) is 6.11. The van der Waals surface area contributed by atoms with Gasteiger partial charge in [0, 0.05) is 11.1 Å². The molecule has 4 rings (SSSR count). The molecule has 0 unspecified atom stereocenters. The number of allylic oxidation sites excluding steroid dienone is 1. The van der Waals surface area contributed by atoms with E-state index in [1.54, 1.807) is 23.1 Å². The number of thioether (sulfide) groups is 1. The number of nitrogens with zero attached hydrogens (tertiary/aromatic N) is 3. The van der Waals surface area contributed by atoms with Gasteiger partial charge in [-0.05, 0) is 23.8 Å². The topological polar surface area (TPSA) is 49.6 Å². The number of rotatable bonds is 5. The maximum Gasteiger partial charge on any atom is 0.151 e. The minimum Gasteiger partial charge on any atom is -0.239 e. The third-order valence-corrected chi connectivity index (χ3v) is 6.77. The third-order valence-electron chi connectivity index (χ3n) is 3.63. The molecule has 0 aliphatic carbocycles. The van der Waals surface area contributed by atoms with Gasteiger partial charge in [-0.1, -0.05) is 54.2 Å². The molecule has 0 N–H and O–H groups in total. The number of aromatic nitrogens is 2. The highest BCUT2D eigenvalue weighted by molar-refractivity contribution is 8.00. The fourth-order valence-corrected chi connectivity index (χ4v) is 5.25. The molecule has 0 aliphatic rings. The highest BCUT2D eigenvalue weighted by Crippen LogP contribution is 2.32. The molecule has 0 radical (unpaired) electrons. The molecule has 6 heteroatoms. The molecule has 0 saturated heterocycles.